The molecular formula is C33H30BrN5O4. The highest BCUT2D eigenvalue weighted by atomic mass is 79.9. The van der Waals surface area contributed by atoms with Gasteiger partial charge in [-0.15, -0.1) is 0 Å². The molecule has 1 aliphatic heterocycles. The Bertz CT molecular complexity index is 1770. The molecule has 10 heteroatoms. The number of nitriles is 1. The first kappa shape index (κ1) is 29.8. The lowest BCUT2D eigenvalue weighted by molar-refractivity contribution is -0.128. The summed E-state index contributed by atoms with van der Waals surface area (Å²) in [5, 5.41) is 17.1. The first-order valence-electron chi connectivity index (χ1n) is 13.7. The Kier molecular flexibility index (Phi) is 8.76. The van der Waals surface area contributed by atoms with Gasteiger partial charge in [-0.2, -0.15) is 5.26 Å². The van der Waals surface area contributed by atoms with Crippen molar-refractivity contribution in [2.45, 2.75) is 25.6 Å². The SMILES string of the molecule is CNC(C)C(=O)NC1CN(C(=O)c2cccc(C#N)c2)c2ccccc2N(Cc2c(OC)ccc3cc(Br)ccc23)C1=O. The zero-order chi connectivity index (χ0) is 30.7. The van der Waals surface area contributed by atoms with E-state index in [2.05, 4.69) is 32.6 Å². The second-order valence-electron chi connectivity index (χ2n) is 10.2. The summed E-state index contributed by atoms with van der Waals surface area (Å²) in [6, 6.07) is 23.7. The molecule has 0 saturated heterocycles. The van der Waals surface area contributed by atoms with Crippen LogP contribution in [0.3, 0.4) is 0 Å². The molecule has 1 heterocycles. The van der Waals surface area contributed by atoms with Gasteiger partial charge in [0.2, 0.25) is 5.91 Å². The largest absolute Gasteiger partial charge is 0.496 e. The number of hydrogen-bond donors (Lipinski definition) is 2. The number of para-hydroxylation sites is 2. The predicted molar refractivity (Wildman–Crippen MR) is 169 cm³/mol. The Hall–Kier alpha value is -4.72. The predicted octanol–water partition coefficient (Wildman–Crippen LogP) is 4.77. The van der Waals surface area contributed by atoms with Gasteiger partial charge in [-0.3, -0.25) is 14.4 Å². The fourth-order valence-electron chi connectivity index (χ4n) is 5.21. The standard InChI is InChI=1S/C33H30BrN5O4/c1-20(36-2)31(40)37-27-19-39(32(41)23-8-6-7-21(15-23)17-35)29-10-5-4-9-28(29)38(33(27)42)18-26-25-13-12-24(34)16-22(25)11-14-30(26)43-3/h4-16,20,27,36H,18-19H2,1-3H3,(H,37,40). The first-order chi connectivity index (χ1) is 20.7. The molecule has 218 valence electrons. The molecule has 9 nitrogen and oxygen atoms in total. The lowest BCUT2D eigenvalue weighted by atomic mass is 10.0. The van der Waals surface area contributed by atoms with Crippen LogP contribution in [0.2, 0.25) is 0 Å². The fourth-order valence-corrected chi connectivity index (χ4v) is 5.59. The van der Waals surface area contributed by atoms with Gasteiger partial charge in [0.25, 0.3) is 11.8 Å². The number of carbonyl (C=O) groups is 3. The van der Waals surface area contributed by atoms with Crippen molar-refractivity contribution in [1.82, 2.24) is 10.6 Å². The van der Waals surface area contributed by atoms with E-state index in [1.165, 1.54) is 11.0 Å². The third-order valence-electron chi connectivity index (χ3n) is 7.61. The van der Waals surface area contributed by atoms with Crippen LogP contribution in [0, 0.1) is 11.3 Å². The highest BCUT2D eigenvalue weighted by Gasteiger charge is 2.38. The van der Waals surface area contributed by atoms with Gasteiger partial charge in [0.15, 0.2) is 0 Å². The van der Waals surface area contributed by atoms with E-state index in [4.69, 9.17) is 4.74 Å². The number of carbonyl (C=O) groups excluding carboxylic acids is 3. The van der Waals surface area contributed by atoms with Gasteiger partial charge in [-0.05, 0) is 73.3 Å². The van der Waals surface area contributed by atoms with Gasteiger partial charge in [-0.25, -0.2) is 0 Å². The molecule has 0 fully saturated rings. The Morgan fingerprint density at radius 1 is 1.07 bits per heavy atom. The van der Waals surface area contributed by atoms with Gasteiger partial charge in [0, 0.05) is 15.6 Å². The minimum atomic E-state index is -1.06. The maximum atomic E-state index is 14.4. The van der Waals surface area contributed by atoms with E-state index in [9.17, 15) is 19.6 Å². The summed E-state index contributed by atoms with van der Waals surface area (Å²) < 4.78 is 6.66. The smallest absolute Gasteiger partial charge is 0.258 e. The molecule has 0 bridgehead atoms. The molecule has 2 unspecified atom stereocenters. The van der Waals surface area contributed by atoms with Crippen LogP contribution < -0.4 is 25.2 Å². The van der Waals surface area contributed by atoms with E-state index in [1.807, 2.05) is 30.3 Å². The van der Waals surface area contributed by atoms with Crippen molar-refractivity contribution in [1.29, 1.82) is 5.26 Å². The average Bonchev–Trinajstić information content (AvgIpc) is 3.14. The van der Waals surface area contributed by atoms with Crippen molar-refractivity contribution in [3.8, 4) is 11.8 Å². The third-order valence-corrected chi connectivity index (χ3v) is 8.10. The Balaban J connectivity index is 1.66. The molecule has 0 saturated carbocycles. The molecule has 1 aliphatic rings. The van der Waals surface area contributed by atoms with Crippen molar-refractivity contribution >= 4 is 55.8 Å². The van der Waals surface area contributed by atoms with E-state index >= 15 is 0 Å². The number of nitrogens with zero attached hydrogens (tertiary/aromatic N) is 3. The molecule has 3 amide bonds. The highest BCUT2D eigenvalue weighted by Crippen LogP contribution is 2.38. The van der Waals surface area contributed by atoms with Crippen LogP contribution in [0.1, 0.15) is 28.4 Å². The van der Waals surface area contributed by atoms with Crippen LogP contribution in [0.5, 0.6) is 5.75 Å². The lowest BCUT2D eigenvalue weighted by Crippen LogP contribution is -2.55. The van der Waals surface area contributed by atoms with E-state index in [0.717, 1.165) is 20.8 Å². The summed E-state index contributed by atoms with van der Waals surface area (Å²) in [5.41, 5.74) is 2.43. The van der Waals surface area contributed by atoms with Gasteiger partial charge in [0.05, 0.1) is 49.2 Å². The molecule has 0 aromatic heterocycles. The molecular weight excluding hydrogens is 610 g/mol. The Morgan fingerprint density at radius 3 is 2.56 bits per heavy atom. The Labute approximate surface area is 258 Å². The maximum absolute atomic E-state index is 14.4. The van der Waals surface area contributed by atoms with Crippen LogP contribution in [0.15, 0.2) is 83.3 Å². The summed E-state index contributed by atoms with van der Waals surface area (Å²) >= 11 is 3.53. The van der Waals surface area contributed by atoms with Gasteiger partial charge in [-0.1, -0.05) is 46.3 Å². The van der Waals surface area contributed by atoms with Crippen molar-refractivity contribution in [3.63, 3.8) is 0 Å². The molecule has 43 heavy (non-hydrogen) atoms. The molecule has 0 radical (unpaired) electrons. The molecule has 2 N–H and O–H groups in total. The maximum Gasteiger partial charge on any atom is 0.258 e. The number of methoxy groups -OCH3 is 1. The topological polar surface area (TPSA) is 115 Å². The highest BCUT2D eigenvalue weighted by molar-refractivity contribution is 9.10. The number of anilines is 2. The minimum absolute atomic E-state index is 0.107. The quantitative estimate of drug-likeness (QED) is 0.301. The van der Waals surface area contributed by atoms with Crippen LogP contribution in [0.4, 0.5) is 11.4 Å². The zero-order valence-electron chi connectivity index (χ0n) is 23.9. The number of ether oxygens (including phenoxy) is 1. The van der Waals surface area contributed by atoms with E-state index in [-0.39, 0.29) is 24.9 Å². The van der Waals surface area contributed by atoms with Crippen LogP contribution in [0.25, 0.3) is 10.8 Å². The van der Waals surface area contributed by atoms with Gasteiger partial charge >= 0.3 is 0 Å². The summed E-state index contributed by atoms with van der Waals surface area (Å²) in [4.78, 5) is 44.6. The van der Waals surface area contributed by atoms with Gasteiger partial charge < -0.3 is 25.2 Å². The number of rotatable bonds is 7. The summed E-state index contributed by atoms with van der Waals surface area (Å²) in [6.45, 7) is 1.71. The van der Waals surface area contributed by atoms with Crippen LogP contribution in [-0.4, -0.2) is 50.5 Å². The van der Waals surface area contributed by atoms with Crippen LogP contribution >= 0.6 is 15.9 Å². The fraction of sp³-hybridized carbons (Fsp3) is 0.212. The number of hydrogen-bond acceptors (Lipinski definition) is 6. The third kappa shape index (κ3) is 5.95. The number of nitrogens with one attached hydrogen (secondary N) is 2. The number of likely N-dealkylation sites (N-methyl/N-ethyl adjacent to an activating group) is 1. The number of halogens is 1. The van der Waals surface area contributed by atoms with Gasteiger partial charge in [0.1, 0.15) is 11.8 Å². The molecule has 0 aliphatic carbocycles. The summed E-state index contributed by atoms with van der Waals surface area (Å²) in [5.74, 6) is -0.540. The average molecular weight is 641 g/mol. The summed E-state index contributed by atoms with van der Waals surface area (Å²) in [7, 11) is 3.24. The zero-order valence-corrected chi connectivity index (χ0v) is 25.5. The molecule has 2 atom stereocenters. The van der Waals surface area contributed by atoms with E-state index < -0.39 is 18.0 Å². The number of fused-ring (bicyclic) bond motifs is 2. The van der Waals surface area contributed by atoms with Crippen molar-refractivity contribution in [2.24, 2.45) is 0 Å². The summed E-state index contributed by atoms with van der Waals surface area (Å²) in [6.07, 6.45) is 0. The normalized spacial score (nSPS) is 15.3. The minimum Gasteiger partial charge on any atom is -0.496 e. The number of amides is 3. The lowest BCUT2D eigenvalue weighted by Gasteiger charge is -2.27. The first-order valence-corrected chi connectivity index (χ1v) is 14.5. The molecule has 4 aromatic carbocycles. The molecule has 4 aromatic rings. The van der Waals surface area contributed by atoms with E-state index in [0.29, 0.717) is 28.3 Å². The van der Waals surface area contributed by atoms with Crippen molar-refractivity contribution in [3.05, 3.63) is 100 Å². The van der Waals surface area contributed by atoms with E-state index in [1.54, 1.807) is 68.4 Å². The van der Waals surface area contributed by atoms with Crippen LogP contribution in [-0.2, 0) is 16.1 Å². The van der Waals surface area contributed by atoms with Crippen molar-refractivity contribution in [2.75, 3.05) is 30.5 Å². The monoisotopic (exact) mass is 639 g/mol. The molecule has 0 spiro atoms. The van der Waals surface area contributed by atoms with Crippen molar-refractivity contribution < 1.29 is 19.1 Å². The second-order valence-corrected chi connectivity index (χ2v) is 11.1. The molecule has 5 rings (SSSR count). The number of benzene rings is 4. The Morgan fingerprint density at radius 2 is 1.84 bits per heavy atom. The second kappa shape index (κ2) is 12.7.